The van der Waals surface area contributed by atoms with Gasteiger partial charge in [0.1, 0.15) is 11.5 Å². The quantitative estimate of drug-likeness (QED) is 0.783. The van der Waals surface area contributed by atoms with Crippen molar-refractivity contribution in [2.75, 3.05) is 0 Å². The highest BCUT2D eigenvalue weighted by atomic mass is 16.3. The van der Waals surface area contributed by atoms with Gasteiger partial charge < -0.3 is 10.2 Å². The SMILES string of the molecule is C[C@@]1(N=Cc2ccccc2O)CCCC[C@@]1(C)N=Cc1ccccc1O. The molecule has 0 spiro atoms. The molecular weight excluding hydrogens is 324 g/mol. The van der Waals surface area contributed by atoms with E-state index in [9.17, 15) is 10.2 Å². The Bertz CT molecular complexity index is 761. The van der Waals surface area contributed by atoms with E-state index in [0.29, 0.717) is 11.1 Å². The number of hydrogen-bond donors (Lipinski definition) is 2. The number of hydrogen-bond acceptors (Lipinski definition) is 4. The zero-order valence-electron chi connectivity index (χ0n) is 15.4. The maximum atomic E-state index is 9.99. The van der Waals surface area contributed by atoms with Gasteiger partial charge in [0.25, 0.3) is 0 Å². The van der Waals surface area contributed by atoms with Crippen LogP contribution < -0.4 is 0 Å². The first-order valence-electron chi connectivity index (χ1n) is 9.10. The highest BCUT2D eigenvalue weighted by Crippen LogP contribution is 2.43. The van der Waals surface area contributed by atoms with Gasteiger partial charge in [-0.2, -0.15) is 0 Å². The van der Waals surface area contributed by atoms with Gasteiger partial charge in [-0.05, 0) is 51.0 Å². The lowest BCUT2D eigenvalue weighted by Crippen LogP contribution is -2.49. The molecule has 2 atom stereocenters. The molecular formula is C22H26N2O2. The molecule has 0 heterocycles. The van der Waals surface area contributed by atoms with E-state index in [2.05, 4.69) is 13.8 Å². The molecule has 26 heavy (non-hydrogen) atoms. The summed E-state index contributed by atoms with van der Waals surface area (Å²) in [5.74, 6) is 0.463. The standard InChI is InChI=1S/C22H26N2O2/c1-21(23-15-17-9-3-5-11-19(17)25)13-7-8-14-22(21,2)24-16-18-10-4-6-12-20(18)26/h3-6,9-12,15-16,25-26H,7-8,13-14H2,1-2H3/t21-,22-/m1/s1. The zero-order valence-corrected chi connectivity index (χ0v) is 15.4. The third kappa shape index (κ3) is 3.64. The molecule has 4 nitrogen and oxygen atoms in total. The summed E-state index contributed by atoms with van der Waals surface area (Å²) in [5.41, 5.74) is 0.695. The average molecular weight is 350 g/mol. The van der Waals surface area contributed by atoms with E-state index in [1.165, 1.54) is 0 Å². The van der Waals surface area contributed by atoms with Crippen LogP contribution in [0, 0.1) is 0 Å². The Morgan fingerprint density at radius 3 is 1.50 bits per heavy atom. The Morgan fingerprint density at radius 1 is 0.731 bits per heavy atom. The summed E-state index contributed by atoms with van der Waals surface area (Å²) in [6.45, 7) is 4.26. The predicted octanol–water partition coefficient (Wildman–Crippen LogP) is 4.73. The molecule has 2 aromatic rings. The Labute approximate surface area is 155 Å². The summed E-state index contributed by atoms with van der Waals surface area (Å²) in [6, 6.07) is 14.4. The van der Waals surface area contributed by atoms with Gasteiger partial charge in [0.05, 0.1) is 11.1 Å². The number of phenols is 2. The molecule has 0 unspecified atom stereocenters. The van der Waals surface area contributed by atoms with Crippen LogP contribution in [0.5, 0.6) is 11.5 Å². The molecule has 0 aromatic heterocycles. The summed E-state index contributed by atoms with van der Waals surface area (Å²) in [5, 5.41) is 20.0. The number of aliphatic imine (C=N–C) groups is 2. The van der Waals surface area contributed by atoms with E-state index in [-0.39, 0.29) is 22.6 Å². The molecule has 4 heteroatoms. The molecule has 0 bridgehead atoms. The van der Waals surface area contributed by atoms with Gasteiger partial charge in [-0.1, -0.05) is 37.1 Å². The Morgan fingerprint density at radius 2 is 1.12 bits per heavy atom. The molecule has 136 valence electrons. The van der Waals surface area contributed by atoms with Crippen LogP contribution in [0.15, 0.2) is 58.5 Å². The van der Waals surface area contributed by atoms with Crippen LogP contribution in [0.3, 0.4) is 0 Å². The first-order valence-corrected chi connectivity index (χ1v) is 9.10. The topological polar surface area (TPSA) is 65.2 Å². The molecule has 3 rings (SSSR count). The van der Waals surface area contributed by atoms with Crippen LogP contribution in [-0.4, -0.2) is 33.7 Å². The molecule has 0 radical (unpaired) electrons. The zero-order chi connectivity index (χ0) is 18.6. The summed E-state index contributed by atoms with van der Waals surface area (Å²) in [7, 11) is 0. The van der Waals surface area contributed by atoms with Crippen LogP contribution >= 0.6 is 0 Å². The van der Waals surface area contributed by atoms with Crippen molar-refractivity contribution in [3.05, 3.63) is 59.7 Å². The highest BCUT2D eigenvalue weighted by molar-refractivity contribution is 5.84. The Hall–Kier alpha value is -2.62. The van der Waals surface area contributed by atoms with E-state index in [1.54, 1.807) is 36.7 Å². The second-order valence-corrected chi connectivity index (χ2v) is 7.39. The van der Waals surface area contributed by atoms with Gasteiger partial charge >= 0.3 is 0 Å². The minimum absolute atomic E-state index is 0.232. The third-order valence-electron chi connectivity index (χ3n) is 5.59. The number of nitrogens with zero attached hydrogens (tertiary/aromatic N) is 2. The average Bonchev–Trinajstić information content (AvgIpc) is 2.63. The fourth-order valence-electron chi connectivity index (χ4n) is 3.50. The van der Waals surface area contributed by atoms with E-state index in [1.807, 2.05) is 24.3 Å². The minimum atomic E-state index is -0.367. The molecule has 0 aliphatic heterocycles. The Kier molecular flexibility index (Phi) is 5.12. The van der Waals surface area contributed by atoms with E-state index in [0.717, 1.165) is 25.7 Å². The minimum Gasteiger partial charge on any atom is -0.507 e. The highest BCUT2D eigenvalue weighted by Gasteiger charge is 2.45. The monoisotopic (exact) mass is 350 g/mol. The van der Waals surface area contributed by atoms with Crippen LogP contribution in [0.2, 0.25) is 0 Å². The van der Waals surface area contributed by atoms with Gasteiger partial charge in [-0.25, -0.2) is 0 Å². The van der Waals surface area contributed by atoms with Crippen molar-refractivity contribution in [1.82, 2.24) is 0 Å². The molecule has 1 aliphatic rings. The first kappa shape index (κ1) is 18.2. The third-order valence-corrected chi connectivity index (χ3v) is 5.59. The van der Waals surface area contributed by atoms with Crippen LogP contribution in [-0.2, 0) is 0 Å². The smallest absolute Gasteiger partial charge is 0.124 e. The number of phenolic OH excluding ortho intramolecular Hbond substituents is 2. The maximum Gasteiger partial charge on any atom is 0.124 e. The molecule has 0 amide bonds. The van der Waals surface area contributed by atoms with Crippen molar-refractivity contribution < 1.29 is 10.2 Å². The van der Waals surface area contributed by atoms with Crippen molar-refractivity contribution in [3.63, 3.8) is 0 Å². The van der Waals surface area contributed by atoms with E-state index < -0.39 is 0 Å². The van der Waals surface area contributed by atoms with Crippen molar-refractivity contribution in [2.24, 2.45) is 9.98 Å². The lowest BCUT2D eigenvalue weighted by Gasteiger charge is -2.44. The number of aromatic hydroxyl groups is 2. The van der Waals surface area contributed by atoms with Gasteiger partial charge in [0.2, 0.25) is 0 Å². The van der Waals surface area contributed by atoms with Crippen molar-refractivity contribution in [1.29, 1.82) is 0 Å². The summed E-state index contributed by atoms with van der Waals surface area (Å²) in [6.07, 6.45) is 7.60. The number of benzene rings is 2. The molecule has 1 saturated carbocycles. The van der Waals surface area contributed by atoms with E-state index >= 15 is 0 Å². The molecule has 0 saturated heterocycles. The van der Waals surface area contributed by atoms with Crippen molar-refractivity contribution >= 4 is 12.4 Å². The fourth-order valence-corrected chi connectivity index (χ4v) is 3.50. The van der Waals surface area contributed by atoms with Crippen LogP contribution in [0.1, 0.15) is 50.7 Å². The predicted molar refractivity (Wildman–Crippen MR) is 107 cm³/mol. The maximum absolute atomic E-state index is 9.99. The molecule has 1 aliphatic carbocycles. The second kappa shape index (κ2) is 7.32. The van der Waals surface area contributed by atoms with E-state index in [4.69, 9.17) is 9.98 Å². The molecule has 2 N–H and O–H groups in total. The number of rotatable bonds is 4. The summed E-state index contributed by atoms with van der Waals surface area (Å²) >= 11 is 0. The number of para-hydroxylation sites is 2. The van der Waals surface area contributed by atoms with Crippen molar-refractivity contribution in [2.45, 2.75) is 50.6 Å². The lowest BCUT2D eigenvalue weighted by molar-refractivity contribution is 0.188. The fraction of sp³-hybridized carbons (Fsp3) is 0.364. The molecule has 2 aromatic carbocycles. The summed E-state index contributed by atoms with van der Waals surface area (Å²) in [4.78, 5) is 9.75. The molecule has 1 fully saturated rings. The van der Waals surface area contributed by atoms with Crippen molar-refractivity contribution in [3.8, 4) is 11.5 Å². The van der Waals surface area contributed by atoms with Crippen LogP contribution in [0.4, 0.5) is 0 Å². The summed E-state index contributed by atoms with van der Waals surface area (Å²) < 4.78 is 0. The van der Waals surface area contributed by atoms with Gasteiger partial charge in [-0.15, -0.1) is 0 Å². The van der Waals surface area contributed by atoms with Gasteiger partial charge in [0, 0.05) is 23.6 Å². The Balaban J connectivity index is 1.91. The van der Waals surface area contributed by atoms with Crippen LogP contribution in [0.25, 0.3) is 0 Å². The second-order valence-electron chi connectivity index (χ2n) is 7.39. The first-order chi connectivity index (χ1) is 12.4. The van der Waals surface area contributed by atoms with Gasteiger partial charge in [-0.3, -0.25) is 9.98 Å². The van der Waals surface area contributed by atoms with Gasteiger partial charge in [0.15, 0.2) is 0 Å². The normalized spacial score (nSPS) is 26.5. The lowest BCUT2D eigenvalue weighted by atomic mass is 9.69. The largest absolute Gasteiger partial charge is 0.507 e.